The Bertz CT molecular complexity index is 606. The molecule has 2 aromatic rings. The van der Waals surface area contributed by atoms with E-state index in [9.17, 15) is 4.79 Å². The predicted molar refractivity (Wildman–Crippen MR) is 82.3 cm³/mol. The van der Waals surface area contributed by atoms with E-state index >= 15 is 0 Å². The molecule has 4 rings (SSSR count). The molecule has 0 radical (unpaired) electrons. The van der Waals surface area contributed by atoms with Gasteiger partial charge in [0.05, 0.1) is 12.8 Å². The number of aromatic nitrogens is 1. The largest absolute Gasteiger partial charge is 0.468 e. The van der Waals surface area contributed by atoms with Crippen molar-refractivity contribution in [2.75, 3.05) is 26.2 Å². The fourth-order valence-electron chi connectivity index (χ4n) is 3.94. The monoisotopic (exact) mass is 299 g/mol. The minimum absolute atomic E-state index is 0.138. The lowest BCUT2D eigenvalue weighted by Crippen LogP contribution is -2.53. The molecule has 5 nitrogen and oxygen atoms in total. The van der Waals surface area contributed by atoms with Gasteiger partial charge in [-0.15, -0.1) is 0 Å². The second kappa shape index (κ2) is 5.65. The second-order valence-corrected chi connectivity index (χ2v) is 6.54. The fraction of sp³-hybridized carbons (Fsp3) is 0.471. The number of nitrogens with one attached hydrogen (secondary N) is 1. The van der Waals surface area contributed by atoms with Crippen LogP contribution in [0.3, 0.4) is 0 Å². The number of nitrogens with zero attached hydrogens (tertiary/aromatic N) is 2. The van der Waals surface area contributed by atoms with Gasteiger partial charge in [0.1, 0.15) is 11.5 Å². The number of piperidine rings is 2. The number of rotatable bonds is 3. The first-order valence-electron chi connectivity index (χ1n) is 7.95. The van der Waals surface area contributed by atoms with E-state index in [-0.39, 0.29) is 5.91 Å². The van der Waals surface area contributed by atoms with Crippen LogP contribution in [0, 0.1) is 11.8 Å². The standard InChI is InChI=1S/C17H21N3O2/c21-17(16-4-1-5-18-16)20-10-13-7-14(11-20)9-19(8-13)12-15-3-2-6-22-15/h1-6,13-14,18H,7-12H2. The number of carbonyl (C=O) groups is 1. The Balaban J connectivity index is 1.40. The van der Waals surface area contributed by atoms with Gasteiger partial charge in [-0.3, -0.25) is 9.69 Å². The van der Waals surface area contributed by atoms with Crippen molar-refractivity contribution in [3.8, 4) is 0 Å². The quantitative estimate of drug-likeness (QED) is 0.945. The van der Waals surface area contributed by atoms with Crippen molar-refractivity contribution in [2.45, 2.75) is 13.0 Å². The highest BCUT2D eigenvalue weighted by Gasteiger charge is 2.36. The van der Waals surface area contributed by atoms with Crippen LogP contribution < -0.4 is 0 Å². The van der Waals surface area contributed by atoms with Gasteiger partial charge in [-0.1, -0.05) is 0 Å². The molecule has 2 fully saturated rings. The molecule has 2 aliphatic heterocycles. The maximum atomic E-state index is 12.5. The normalized spacial score (nSPS) is 25.4. The number of furan rings is 1. The summed E-state index contributed by atoms with van der Waals surface area (Å²) in [6, 6.07) is 7.71. The number of aromatic amines is 1. The van der Waals surface area contributed by atoms with Gasteiger partial charge in [0.15, 0.2) is 0 Å². The SMILES string of the molecule is O=C(c1ccc[nH]1)N1CC2CC(CN(Cc3ccco3)C2)C1. The zero-order valence-corrected chi connectivity index (χ0v) is 12.6. The highest BCUT2D eigenvalue weighted by molar-refractivity contribution is 5.92. The van der Waals surface area contributed by atoms with Gasteiger partial charge in [-0.2, -0.15) is 0 Å². The van der Waals surface area contributed by atoms with E-state index in [1.807, 2.05) is 35.4 Å². The van der Waals surface area contributed by atoms with E-state index in [4.69, 9.17) is 4.42 Å². The van der Waals surface area contributed by atoms with E-state index in [2.05, 4.69) is 9.88 Å². The maximum absolute atomic E-state index is 12.5. The zero-order chi connectivity index (χ0) is 14.9. The van der Waals surface area contributed by atoms with Gasteiger partial charge in [0.25, 0.3) is 5.91 Å². The summed E-state index contributed by atoms with van der Waals surface area (Å²) in [6.45, 7) is 4.70. The first kappa shape index (κ1) is 13.6. The lowest BCUT2D eigenvalue weighted by atomic mass is 9.84. The summed E-state index contributed by atoms with van der Waals surface area (Å²) in [5.74, 6) is 2.31. The van der Waals surface area contributed by atoms with Crippen LogP contribution in [0.15, 0.2) is 41.1 Å². The topological polar surface area (TPSA) is 52.5 Å². The van der Waals surface area contributed by atoms with Crippen LogP contribution in [0.1, 0.15) is 22.7 Å². The van der Waals surface area contributed by atoms with Gasteiger partial charge >= 0.3 is 0 Å². The number of likely N-dealkylation sites (tertiary alicyclic amines) is 2. The first-order chi connectivity index (χ1) is 10.8. The van der Waals surface area contributed by atoms with Crippen molar-refractivity contribution >= 4 is 5.91 Å². The van der Waals surface area contributed by atoms with Crippen molar-refractivity contribution in [1.82, 2.24) is 14.8 Å². The van der Waals surface area contributed by atoms with Crippen LogP contribution in [0.25, 0.3) is 0 Å². The molecule has 0 aliphatic carbocycles. The van der Waals surface area contributed by atoms with Crippen molar-refractivity contribution in [1.29, 1.82) is 0 Å². The van der Waals surface area contributed by atoms with Crippen LogP contribution in [-0.4, -0.2) is 46.9 Å². The second-order valence-electron chi connectivity index (χ2n) is 6.54. The van der Waals surface area contributed by atoms with Gasteiger partial charge < -0.3 is 14.3 Å². The summed E-state index contributed by atoms with van der Waals surface area (Å²) in [7, 11) is 0. The lowest BCUT2D eigenvalue weighted by molar-refractivity contribution is 0.0217. The zero-order valence-electron chi connectivity index (χ0n) is 12.6. The molecule has 2 unspecified atom stereocenters. The molecule has 22 heavy (non-hydrogen) atoms. The number of carbonyl (C=O) groups excluding carboxylic acids is 1. The summed E-state index contributed by atoms with van der Waals surface area (Å²) >= 11 is 0. The van der Waals surface area contributed by atoms with Gasteiger partial charge in [-0.05, 0) is 42.5 Å². The number of hydrogen-bond donors (Lipinski definition) is 1. The number of hydrogen-bond acceptors (Lipinski definition) is 3. The van der Waals surface area contributed by atoms with E-state index in [1.54, 1.807) is 6.26 Å². The molecule has 0 saturated carbocycles. The molecule has 2 aromatic heterocycles. The Morgan fingerprint density at radius 2 is 2.00 bits per heavy atom. The van der Waals surface area contributed by atoms with E-state index in [1.165, 1.54) is 6.42 Å². The van der Waals surface area contributed by atoms with Crippen LogP contribution in [0.4, 0.5) is 0 Å². The van der Waals surface area contributed by atoms with Gasteiger partial charge in [0.2, 0.25) is 0 Å². The minimum atomic E-state index is 0.138. The van der Waals surface area contributed by atoms with Crippen molar-refractivity contribution in [3.63, 3.8) is 0 Å². The third kappa shape index (κ3) is 2.68. The van der Waals surface area contributed by atoms with Crippen LogP contribution in [0.5, 0.6) is 0 Å². The van der Waals surface area contributed by atoms with Crippen molar-refractivity contribution in [2.24, 2.45) is 11.8 Å². The molecule has 1 amide bonds. The molecular weight excluding hydrogens is 278 g/mol. The Morgan fingerprint density at radius 3 is 2.64 bits per heavy atom. The average molecular weight is 299 g/mol. The summed E-state index contributed by atoms with van der Waals surface area (Å²) in [6.07, 6.45) is 4.78. The van der Waals surface area contributed by atoms with Crippen molar-refractivity contribution < 1.29 is 9.21 Å². The fourth-order valence-corrected chi connectivity index (χ4v) is 3.94. The predicted octanol–water partition coefficient (Wildman–Crippen LogP) is 2.20. The molecule has 5 heteroatoms. The molecule has 2 aliphatic rings. The van der Waals surface area contributed by atoms with Crippen LogP contribution >= 0.6 is 0 Å². The first-order valence-corrected chi connectivity index (χ1v) is 7.95. The van der Waals surface area contributed by atoms with E-state index in [0.29, 0.717) is 17.5 Å². The Labute approximate surface area is 129 Å². The summed E-state index contributed by atoms with van der Waals surface area (Å²) in [5, 5.41) is 0. The van der Waals surface area contributed by atoms with Crippen LogP contribution in [-0.2, 0) is 6.54 Å². The number of H-pyrrole nitrogens is 1. The van der Waals surface area contributed by atoms with Crippen molar-refractivity contribution in [3.05, 3.63) is 48.2 Å². The molecule has 0 aromatic carbocycles. The molecular formula is C17H21N3O2. The van der Waals surface area contributed by atoms with Gasteiger partial charge in [-0.25, -0.2) is 0 Å². The Hall–Kier alpha value is -2.01. The van der Waals surface area contributed by atoms with E-state index in [0.717, 1.165) is 38.5 Å². The van der Waals surface area contributed by atoms with E-state index < -0.39 is 0 Å². The average Bonchev–Trinajstić information content (AvgIpc) is 3.18. The molecule has 116 valence electrons. The number of fused-ring (bicyclic) bond motifs is 2. The maximum Gasteiger partial charge on any atom is 0.270 e. The Kier molecular flexibility index (Phi) is 3.50. The number of amides is 1. The highest BCUT2D eigenvalue weighted by Crippen LogP contribution is 2.30. The molecule has 0 spiro atoms. The molecule has 4 heterocycles. The molecule has 1 N–H and O–H groups in total. The summed E-state index contributed by atoms with van der Waals surface area (Å²) in [4.78, 5) is 20.0. The third-order valence-corrected chi connectivity index (χ3v) is 4.73. The summed E-state index contributed by atoms with van der Waals surface area (Å²) < 4.78 is 5.46. The molecule has 2 saturated heterocycles. The smallest absolute Gasteiger partial charge is 0.270 e. The highest BCUT2D eigenvalue weighted by atomic mass is 16.3. The van der Waals surface area contributed by atoms with Gasteiger partial charge in [0, 0.05) is 32.4 Å². The minimum Gasteiger partial charge on any atom is -0.468 e. The summed E-state index contributed by atoms with van der Waals surface area (Å²) in [5.41, 5.74) is 0.701. The molecule has 2 bridgehead atoms. The molecule has 2 atom stereocenters. The van der Waals surface area contributed by atoms with Crippen LogP contribution in [0.2, 0.25) is 0 Å². The Morgan fingerprint density at radius 1 is 1.18 bits per heavy atom. The third-order valence-electron chi connectivity index (χ3n) is 4.73. The lowest BCUT2D eigenvalue weighted by Gasteiger charge is -2.45.